The molecule has 0 saturated carbocycles. The summed E-state index contributed by atoms with van der Waals surface area (Å²) < 4.78 is 4.89. The predicted octanol–water partition coefficient (Wildman–Crippen LogP) is 1.10. The highest BCUT2D eigenvalue weighted by Gasteiger charge is 2.02. The fourth-order valence-corrected chi connectivity index (χ4v) is 1.00. The normalized spacial score (nSPS) is 9.62. The van der Waals surface area contributed by atoms with Crippen molar-refractivity contribution in [1.82, 2.24) is 0 Å². The Morgan fingerprint density at radius 2 is 2.23 bits per heavy atom. The highest BCUT2D eigenvalue weighted by Crippen LogP contribution is 2.09. The highest BCUT2D eigenvalue weighted by atomic mass is 16.5. The van der Waals surface area contributed by atoms with Crippen molar-refractivity contribution in [3.8, 4) is 0 Å². The van der Waals surface area contributed by atoms with Gasteiger partial charge in [0, 0.05) is 19.3 Å². The van der Waals surface area contributed by atoms with Gasteiger partial charge in [0.2, 0.25) is 6.41 Å². The lowest BCUT2D eigenvalue weighted by Gasteiger charge is -2.16. The monoisotopic (exact) mass is 178 g/mol. The molecule has 1 amide bonds. The molecule has 0 atom stereocenters. The Morgan fingerprint density at radius 1 is 1.54 bits per heavy atom. The first kappa shape index (κ1) is 9.74. The van der Waals surface area contributed by atoms with Gasteiger partial charge in [0.15, 0.2) is 0 Å². The van der Waals surface area contributed by atoms with Crippen LogP contribution in [-0.4, -0.2) is 26.7 Å². The van der Waals surface area contributed by atoms with Crippen molar-refractivity contribution in [2.24, 2.45) is 0 Å². The van der Waals surface area contributed by atoms with Gasteiger partial charge < -0.3 is 9.64 Å². The maximum absolute atomic E-state index is 10.7. The van der Waals surface area contributed by atoms with Crippen molar-refractivity contribution in [1.29, 1.82) is 0 Å². The van der Waals surface area contributed by atoms with Crippen LogP contribution in [0.4, 0.5) is 5.69 Å². The summed E-state index contributed by atoms with van der Waals surface area (Å²) >= 11 is 0. The summed E-state index contributed by atoms with van der Waals surface area (Å²) in [7, 11) is 1.61. The van der Waals surface area contributed by atoms with E-state index in [0.717, 1.165) is 12.1 Å². The Balaban J connectivity index is 2.61. The zero-order valence-corrected chi connectivity index (χ0v) is 7.56. The molecule has 1 aromatic rings. The van der Waals surface area contributed by atoms with Gasteiger partial charge in [-0.2, -0.15) is 0 Å². The average Bonchev–Trinajstić information content (AvgIpc) is 2.21. The number of amides is 1. The summed E-state index contributed by atoms with van der Waals surface area (Å²) in [6.07, 6.45) is 0.800. The molecule has 1 aromatic carbocycles. The summed E-state index contributed by atoms with van der Waals surface area (Å²) in [4.78, 5) is 12.3. The minimum atomic E-state index is 0.539. The molecule has 13 heavy (non-hydrogen) atoms. The van der Waals surface area contributed by atoms with Gasteiger partial charge in [-0.3, -0.25) is 4.79 Å². The molecule has 69 valence electrons. The second-order valence-electron chi connectivity index (χ2n) is 2.55. The molecule has 0 fully saturated rings. The predicted molar refractivity (Wildman–Crippen MR) is 50.6 cm³/mol. The van der Waals surface area contributed by atoms with Crippen LogP contribution in [0.5, 0.6) is 0 Å². The van der Waals surface area contributed by atoms with Crippen molar-refractivity contribution in [2.45, 2.75) is 0 Å². The zero-order chi connectivity index (χ0) is 9.52. The van der Waals surface area contributed by atoms with E-state index in [1.807, 2.05) is 12.1 Å². The summed E-state index contributed by atoms with van der Waals surface area (Å²) in [6.45, 7) is 1.11. The van der Waals surface area contributed by atoms with Crippen molar-refractivity contribution >= 4 is 12.1 Å². The van der Waals surface area contributed by atoms with Gasteiger partial charge >= 0.3 is 0 Å². The lowest BCUT2D eigenvalue weighted by Crippen LogP contribution is -2.25. The van der Waals surface area contributed by atoms with E-state index in [9.17, 15) is 4.79 Å². The molecule has 1 radical (unpaired) electrons. The lowest BCUT2D eigenvalue weighted by atomic mass is 10.3. The van der Waals surface area contributed by atoms with Crippen molar-refractivity contribution < 1.29 is 9.53 Å². The topological polar surface area (TPSA) is 29.5 Å². The SMILES string of the molecule is COCCN(C=O)c1cc[c]cc1. The van der Waals surface area contributed by atoms with Crippen LogP contribution in [0.25, 0.3) is 0 Å². The van der Waals surface area contributed by atoms with Gasteiger partial charge in [0.05, 0.1) is 6.61 Å². The largest absolute Gasteiger partial charge is 0.383 e. The standard InChI is InChI=1S/C10H12NO2/c1-13-8-7-11(9-12)10-5-3-2-4-6-10/h3-6,9H,7-8H2,1H3. The smallest absolute Gasteiger partial charge is 0.214 e. The minimum absolute atomic E-state index is 0.539. The molecule has 0 aliphatic heterocycles. The van der Waals surface area contributed by atoms with Crippen molar-refractivity contribution in [3.05, 3.63) is 30.3 Å². The number of nitrogens with zero attached hydrogens (tertiary/aromatic N) is 1. The Hall–Kier alpha value is -1.35. The molecule has 0 aliphatic carbocycles. The molecular weight excluding hydrogens is 166 g/mol. The summed E-state index contributed by atoms with van der Waals surface area (Å²) in [5.41, 5.74) is 0.866. The third-order valence-corrected chi connectivity index (χ3v) is 1.70. The highest BCUT2D eigenvalue weighted by molar-refractivity contribution is 5.74. The number of carbonyl (C=O) groups excluding carboxylic acids is 1. The molecule has 1 rings (SSSR count). The van der Waals surface area contributed by atoms with E-state index in [0.29, 0.717) is 13.2 Å². The molecule has 3 nitrogen and oxygen atoms in total. The van der Waals surface area contributed by atoms with Crippen LogP contribution in [0.3, 0.4) is 0 Å². The number of ether oxygens (including phenoxy) is 1. The molecule has 0 saturated heterocycles. The number of anilines is 1. The first-order valence-corrected chi connectivity index (χ1v) is 4.05. The first-order valence-electron chi connectivity index (χ1n) is 4.05. The molecule has 0 aliphatic rings. The van der Waals surface area contributed by atoms with Crippen LogP contribution in [0.15, 0.2) is 24.3 Å². The number of rotatable bonds is 5. The Bertz CT molecular complexity index is 248. The number of hydrogen-bond acceptors (Lipinski definition) is 2. The lowest BCUT2D eigenvalue weighted by molar-refractivity contribution is -0.107. The molecule has 0 N–H and O–H groups in total. The summed E-state index contributed by atoms with van der Waals surface area (Å²) in [5.74, 6) is 0. The number of hydrogen-bond donors (Lipinski definition) is 0. The number of carbonyl (C=O) groups is 1. The van der Waals surface area contributed by atoms with E-state index in [1.54, 1.807) is 24.1 Å². The molecule has 0 spiro atoms. The third-order valence-electron chi connectivity index (χ3n) is 1.70. The van der Waals surface area contributed by atoms with Gasteiger partial charge in [-0.1, -0.05) is 12.1 Å². The number of benzene rings is 1. The first-order chi connectivity index (χ1) is 6.38. The van der Waals surface area contributed by atoms with Crippen LogP contribution >= 0.6 is 0 Å². The maximum Gasteiger partial charge on any atom is 0.214 e. The fourth-order valence-electron chi connectivity index (χ4n) is 1.00. The maximum atomic E-state index is 10.7. The fraction of sp³-hybridized carbons (Fsp3) is 0.300. The van der Waals surface area contributed by atoms with E-state index < -0.39 is 0 Å². The van der Waals surface area contributed by atoms with Gasteiger partial charge in [0.25, 0.3) is 0 Å². The quantitative estimate of drug-likeness (QED) is 0.632. The van der Waals surface area contributed by atoms with E-state index in [-0.39, 0.29) is 0 Å². The zero-order valence-electron chi connectivity index (χ0n) is 7.56. The Morgan fingerprint density at radius 3 is 2.77 bits per heavy atom. The molecule has 3 heteroatoms. The molecule has 0 heterocycles. The van der Waals surface area contributed by atoms with Crippen LogP contribution < -0.4 is 4.90 Å². The van der Waals surface area contributed by atoms with Crippen LogP contribution in [-0.2, 0) is 9.53 Å². The number of methoxy groups -OCH3 is 1. The molecule has 0 aromatic heterocycles. The minimum Gasteiger partial charge on any atom is -0.383 e. The van der Waals surface area contributed by atoms with Crippen LogP contribution in [0.2, 0.25) is 0 Å². The van der Waals surface area contributed by atoms with Crippen LogP contribution in [0.1, 0.15) is 0 Å². The van der Waals surface area contributed by atoms with E-state index in [4.69, 9.17) is 4.74 Å². The Labute approximate surface area is 77.9 Å². The van der Waals surface area contributed by atoms with Gasteiger partial charge in [0.1, 0.15) is 0 Å². The second-order valence-corrected chi connectivity index (χ2v) is 2.55. The van der Waals surface area contributed by atoms with Gasteiger partial charge in [-0.25, -0.2) is 0 Å². The Kier molecular flexibility index (Phi) is 3.99. The molecule has 0 bridgehead atoms. The average molecular weight is 178 g/mol. The molecular formula is C10H12NO2. The third kappa shape index (κ3) is 2.87. The van der Waals surface area contributed by atoms with Crippen molar-refractivity contribution in [2.75, 3.05) is 25.2 Å². The van der Waals surface area contributed by atoms with Gasteiger partial charge in [-0.15, -0.1) is 0 Å². The molecule has 0 unspecified atom stereocenters. The van der Waals surface area contributed by atoms with Gasteiger partial charge in [-0.05, 0) is 18.2 Å². The summed E-state index contributed by atoms with van der Waals surface area (Å²) in [5, 5.41) is 0. The van der Waals surface area contributed by atoms with E-state index >= 15 is 0 Å². The van der Waals surface area contributed by atoms with E-state index in [1.165, 1.54) is 0 Å². The second kappa shape index (κ2) is 5.32. The summed E-state index contributed by atoms with van der Waals surface area (Å²) in [6, 6.07) is 10.1. The van der Waals surface area contributed by atoms with Crippen molar-refractivity contribution in [3.63, 3.8) is 0 Å². The van der Waals surface area contributed by atoms with E-state index in [2.05, 4.69) is 6.07 Å². The van der Waals surface area contributed by atoms with Crippen LogP contribution in [0, 0.1) is 6.07 Å².